The maximum Gasteiger partial charge on any atom is 0.244 e. The minimum Gasteiger partial charge on any atom is -0.399 e. The molecule has 2 rings (SSSR count). The van der Waals surface area contributed by atoms with Crippen molar-refractivity contribution in [2.75, 3.05) is 18.9 Å². The topological polar surface area (TPSA) is 83.6 Å². The predicted molar refractivity (Wildman–Crippen MR) is 72.6 cm³/mol. The van der Waals surface area contributed by atoms with Gasteiger partial charge in [-0.1, -0.05) is 0 Å². The number of benzene rings is 1. The predicted octanol–water partition coefficient (Wildman–Crippen LogP) is 1.18. The number of halogens is 1. The first-order valence-corrected chi connectivity index (χ1v) is 7.88. The van der Waals surface area contributed by atoms with Crippen LogP contribution in [0.25, 0.3) is 0 Å². The van der Waals surface area contributed by atoms with Crippen molar-refractivity contribution in [1.29, 1.82) is 0 Å². The van der Waals surface area contributed by atoms with Crippen LogP contribution in [0.1, 0.15) is 12.8 Å². The van der Waals surface area contributed by atoms with Gasteiger partial charge in [0.1, 0.15) is 0 Å². The van der Waals surface area contributed by atoms with Crippen LogP contribution in [0.4, 0.5) is 5.69 Å². The molecular formula is C11H15BrN2O3S. The molecule has 18 heavy (non-hydrogen) atoms. The van der Waals surface area contributed by atoms with E-state index in [9.17, 15) is 8.42 Å². The molecule has 1 aromatic rings. The van der Waals surface area contributed by atoms with Gasteiger partial charge in [0, 0.05) is 22.7 Å². The molecule has 1 saturated carbocycles. The lowest BCUT2D eigenvalue weighted by Crippen LogP contribution is -2.35. The van der Waals surface area contributed by atoms with Crippen LogP contribution in [0.15, 0.2) is 27.6 Å². The molecular weight excluding hydrogens is 320 g/mol. The summed E-state index contributed by atoms with van der Waals surface area (Å²) in [5, 5.41) is 9.00. The number of anilines is 1. The van der Waals surface area contributed by atoms with Gasteiger partial charge in [-0.3, -0.25) is 0 Å². The standard InChI is InChI=1S/C11H15BrN2O3S/c12-10-7-8(13)1-4-11(10)18(16,17)14(5-6-15)9-2-3-9/h1,4,7,9,15H,2-3,5-6,13H2. The Hall–Kier alpha value is -0.630. The van der Waals surface area contributed by atoms with Crippen molar-refractivity contribution in [3.63, 3.8) is 0 Å². The Labute approximate surface area is 115 Å². The van der Waals surface area contributed by atoms with Crippen LogP contribution in [0.5, 0.6) is 0 Å². The first-order chi connectivity index (χ1) is 8.46. The van der Waals surface area contributed by atoms with Crippen LogP contribution >= 0.6 is 15.9 Å². The zero-order valence-electron chi connectivity index (χ0n) is 9.71. The number of hydrogen-bond donors (Lipinski definition) is 2. The third-order valence-electron chi connectivity index (χ3n) is 2.82. The Morgan fingerprint density at radius 3 is 2.61 bits per heavy atom. The van der Waals surface area contributed by atoms with Crippen molar-refractivity contribution in [2.24, 2.45) is 0 Å². The number of nitrogen functional groups attached to an aromatic ring is 1. The van der Waals surface area contributed by atoms with Gasteiger partial charge in [0.15, 0.2) is 0 Å². The van der Waals surface area contributed by atoms with Gasteiger partial charge in [0.2, 0.25) is 10.0 Å². The molecule has 0 saturated heterocycles. The summed E-state index contributed by atoms with van der Waals surface area (Å²) in [5.41, 5.74) is 6.10. The summed E-state index contributed by atoms with van der Waals surface area (Å²) >= 11 is 3.22. The molecule has 0 aromatic heterocycles. The number of aliphatic hydroxyl groups is 1. The fourth-order valence-corrected chi connectivity index (χ4v) is 4.55. The molecule has 0 aliphatic heterocycles. The van der Waals surface area contributed by atoms with E-state index in [1.54, 1.807) is 12.1 Å². The molecule has 7 heteroatoms. The van der Waals surface area contributed by atoms with E-state index in [1.165, 1.54) is 10.4 Å². The highest BCUT2D eigenvalue weighted by molar-refractivity contribution is 9.10. The molecule has 1 aliphatic rings. The molecule has 0 radical (unpaired) electrons. The van der Waals surface area contributed by atoms with E-state index in [-0.39, 0.29) is 24.1 Å². The largest absolute Gasteiger partial charge is 0.399 e. The van der Waals surface area contributed by atoms with Crippen LogP contribution in [0.3, 0.4) is 0 Å². The maximum absolute atomic E-state index is 12.5. The van der Waals surface area contributed by atoms with Gasteiger partial charge >= 0.3 is 0 Å². The van der Waals surface area contributed by atoms with Gasteiger partial charge in [-0.05, 0) is 47.0 Å². The van der Waals surface area contributed by atoms with Crippen molar-refractivity contribution in [2.45, 2.75) is 23.8 Å². The lowest BCUT2D eigenvalue weighted by Gasteiger charge is -2.21. The molecule has 0 atom stereocenters. The zero-order chi connectivity index (χ0) is 13.3. The van der Waals surface area contributed by atoms with Gasteiger partial charge in [-0.2, -0.15) is 4.31 Å². The summed E-state index contributed by atoms with van der Waals surface area (Å²) in [7, 11) is -3.58. The SMILES string of the molecule is Nc1ccc(S(=O)(=O)N(CCO)C2CC2)c(Br)c1. The molecule has 3 N–H and O–H groups in total. The number of nitrogens with two attached hydrogens (primary N) is 1. The number of rotatable bonds is 5. The van der Waals surface area contributed by atoms with Crippen molar-refractivity contribution in [3.05, 3.63) is 22.7 Å². The van der Waals surface area contributed by atoms with Gasteiger partial charge < -0.3 is 10.8 Å². The normalized spacial score (nSPS) is 16.2. The number of sulfonamides is 1. The fraction of sp³-hybridized carbons (Fsp3) is 0.455. The summed E-state index contributed by atoms with van der Waals surface area (Å²) in [5.74, 6) is 0. The third kappa shape index (κ3) is 2.69. The van der Waals surface area contributed by atoms with Crippen molar-refractivity contribution < 1.29 is 13.5 Å². The summed E-state index contributed by atoms with van der Waals surface area (Å²) in [6.07, 6.45) is 1.71. The highest BCUT2D eigenvalue weighted by Gasteiger charge is 2.38. The summed E-state index contributed by atoms with van der Waals surface area (Å²) in [4.78, 5) is 0.192. The van der Waals surface area contributed by atoms with E-state index in [0.29, 0.717) is 10.2 Å². The zero-order valence-corrected chi connectivity index (χ0v) is 12.1. The van der Waals surface area contributed by atoms with Crippen molar-refractivity contribution >= 4 is 31.6 Å². The van der Waals surface area contributed by atoms with E-state index in [1.807, 2.05) is 0 Å². The third-order valence-corrected chi connectivity index (χ3v) is 5.75. The molecule has 0 bridgehead atoms. The van der Waals surface area contributed by atoms with E-state index in [4.69, 9.17) is 10.8 Å². The average Bonchev–Trinajstić information content (AvgIpc) is 3.08. The number of nitrogens with zero attached hydrogens (tertiary/aromatic N) is 1. The first-order valence-electron chi connectivity index (χ1n) is 5.64. The lowest BCUT2D eigenvalue weighted by atomic mass is 10.3. The van der Waals surface area contributed by atoms with Crippen LogP contribution in [-0.4, -0.2) is 37.0 Å². The Balaban J connectivity index is 2.39. The second kappa shape index (κ2) is 5.16. The van der Waals surface area contributed by atoms with Crippen LogP contribution in [0.2, 0.25) is 0 Å². The molecule has 0 unspecified atom stereocenters. The van der Waals surface area contributed by atoms with E-state index in [2.05, 4.69) is 15.9 Å². The highest BCUT2D eigenvalue weighted by Crippen LogP contribution is 2.34. The quantitative estimate of drug-likeness (QED) is 0.792. The maximum atomic E-state index is 12.5. The van der Waals surface area contributed by atoms with Gasteiger partial charge in [-0.25, -0.2) is 8.42 Å². The Morgan fingerprint density at radius 1 is 1.44 bits per heavy atom. The monoisotopic (exact) mass is 334 g/mol. The second-order valence-electron chi connectivity index (χ2n) is 4.26. The molecule has 1 fully saturated rings. The van der Waals surface area contributed by atoms with Crippen molar-refractivity contribution in [1.82, 2.24) is 4.31 Å². The molecule has 0 heterocycles. The Bertz CT molecular complexity index is 543. The molecule has 1 aliphatic carbocycles. The van der Waals surface area contributed by atoms with Crippen LogP contribution in [-0.2, 0) is 10.0 Å². The van der Waals surface area contributed by atoms with Gasteiger partial charge in [0.05, 0.1) is 11.5 Å². The van der Waals surface area contributed by atoms with Gasteiger partial charge in [0.25, 0.3) is 0 Å². The Kier molecular flexibility index (Phi) is 3.96. The first kappa shape index (κ1) is 13.8. The Morgan fingerprint density at radius 2 is 2.11 bits per heavy atom. The van der Waals surface area contributed by atoms with Crippen LogP contribution in [0, 0.1) is 0 Å². The minimum atomic E-state index is -3.58. The molecule has 0 amide bonds. The number of hydrogen-bond acceptors (Lipinski definition) is 4. The summed E-state index contributed by atoms with van der Waals surface area (Å²) in [6, 6.07) is 4.63. The smallest absolute Gasteiger partial charge is 0.244 e. The highest BCUT2D eigenvalue weighted by atomic mass is 79.9. The average molecular weight is 335 g/mol. The van der Waals surface area contributed by atoms with E-state index >= 15 is 0 Å². The van der Waals surface area contributed by atoms with Gasteiger partial charge in [-0.15, -0.1) is 0 Å². The number of aliphatic hydroxyl groups excluding tert-OH is 1. The molecule has 5 nitrogen and oxygen atoms in total. The summed E-state index contributed by atoms with van der Waals surface area (Å²) in [6.45, 7) is -0.0495. The van der Waals surface area contributed by atoms with E-state index in [0.717, 1.165) is 12.8 Å². The minimum absolute atomic E-state index is 0.0200. The fourth-order valence-electron chi connectivity index (χ4n) is 1.81. The summed E-state index contributed by atoms with van der Waals surface area (Å²) < 4.78 is 26.8. The van der Waals surface area contributed by atoms with Crippen molar-refractivity contribution in [3.8, 4) is 0 Å². The molecule has 100 valence electrons. The lowest BCUT2D eigenvalue weighted by molar-refractivity contribution is 0.250. The second-order valence-corrected chi connectivity index (χ2v) is 6.97. The molecule has 1 aromatic carbocycles. The van der Waals surface area contributed by atoms with Crippen LogP contribution < -0.4 is 5.73 Å². The molecule has 0 spiro atoms. The van der Waals surface area contributed by atoms with E-state index < -0.39 is 10.0 Å².